The predicted molar refractivity (Wildman–Crippen MR) is 417 cm³/mol. The molecule has 7 unspecified atom stereocenters. The van der Waals surface area contributed by atoms with E-state index in [1.165, 1.54) is 353 Å². The number of carbonyl (C=O) groups is 2. The Kier molecular flexibility index (Phi) is 72.8. The van der Waals surface area contributed by atoms with Gasteiger partial charge in [0.05, 0.1) is 32.0 Å². The van der Waals surface area contributed by atoms with Crippen LogP contribution in [-0.2, 0) is 23.8 Å². The smallest absolute Gasteiger partial charge is 0.305 e. The van der Waals surface area contributed by atoms with E-state index >= 15 is 0 Å². The van der Waals surface area contributed by atoms with Crippen molar-refractivity contribution in [3.05, 3.63) is 36.5 Å². The minimum atomic E-state index is -1.57. The van der Waals surface area contributed by atoms with E-state index in [-0.39, 0.29) is 18.5 Å². The number of ether oxygens (including phenoxy) is 3. The van der Waals surface area contributed by atoms with Crippen LogP contribution in [0.2, 0.25) is 0 Å². The van der Waals surface area contributed by atoms with Crippen molar-refractivity contribution in [1.29, 1.82) is 0 Å². The van der Waals surface area contributed by atoms with E-state index in [1.54, 1.807) is 6.08 Å². The number of rotatable bonds is 78. The third kappa shape index (κ3) is 63.6. The summed E-state index contributed by atoms with van der Waals surface area (Å²) in [7, 11) is 0. The highest BCUT2D eigenvalue weighted by Crippen LogP contribution is 2.24. The van der Waals surface area contributed by atoms with Gasteiger partial charge in [0, 0.05) is 12.8 Å². The predicted octanol–water partition coefficient (Wildman–Crippen LogP) is 24.0. The van der Waals surface area contributed by atoms with Gasteiger partial charge in [-0.3, -0.25) is 9.59 Å². The first-order chi connectivity index (χ1) is 48.2. The number of allylic oxidation sites excluding steroid dienone is 5. The van der Waals surface area contributed by atoms with Crippen LogP contribution in [0, 0.1) is 0 Å². The van der Waals surface area contributed by atoms with Crippen LogP contribution in [0.15, 0.2) is 36.5 Å². The van der Waals surface area contributed by atoms with E-state index < -0.39 is 49.5 Å². The van der Waals surface area contributed by atoms with Crippen molar-refractivity contribution in [3.63, 3.8) is 0 Å². The molecule has 0 bridgehead atoms. The van der Waals surface area contributed by atoms with Gasteiger partial charge < -0.3 is 45.1 Å². The SMILES string of the molecule is CCCCC/C=C\C/C=C\CCCCCCCCCC(=O)OCCCCCCCCCCCCCCCCCCCCCCCCCCCCCCCCCCCCCCCCCC(=O)NC(COC1OC(CO)C(O)C(O)C1O)C(O)/C=C/CCCCCCCCCCCCCC. The summed E-state index contributed by atoms with van der Waals surface area (Å²) in [5.41, 5.74) is 0. The van der Waals surface area contributed by atoms with Gasteiger partial charge in [-0.2, -0.15) is 0 Å². The Labute approximate surface area is 606 Å². The molecule has 6 N–H and O–H groups in total. The average Bonchev–Trinajstić information content (AvgIpc) is 0.833. The lowest BCUT2D eigenvalue weighted by Crippen LogP contribution is -2.60. The number of carbonyl (C=O) groups excluding carboxylic acids is 2. The van der Waals surface area contributed by atoms with E-state index in [9.17, 15) is 35.1 Å². The molecule has 11 nitrogen and oxygen atoms in total. The monoisotopic (exact) mass is 1380 g/mol. The van der Waals surface area contributed by atoms with Crippen LogP contribution in [0.4, 0.5) is 0 Å². The number of aliphatic hydroxyl groups is 5. The molecule has 578 valence electrons. The Morgan fingerprint density at radius 3 is 1.05 bits per heavy atom. The van der Waals surface area contributed by atoms with Crippen LogP contribution in [-0.4, -0.2) is 100 Å². The summed E-state index contributed by atoms with van der Waals surface area (Å²) in [5, 5.41) is 54.7. The number of unbranched alkanes of at least 4 members (excludes halogenated alkanes) is 60. The highest BCUT2D eigenvalue weighted by Gasteiger charge is 2.44. The van der Waals surface area contributed by atoms with Crippen molar-refractivity contribution >= 4 is 11.9 Å². The van der Waals surface area contributed by atoms with Gasteiger partial charge in [-0.15, -0.1) is 0 Å². The molecule has 0 aliphatic carbocycles. The van der Waals surface area contributed by atoms with Crippen LogP contribution >= 0.6 is 0 Å². The van der Waals surface area contributed by atoms with Crippen LogP contribution in [0.25, 0.3) is 0 Å². The molecule has 7 atom stereocenters. The zero-order valence-corrected chi connectivity index (χ0v) is 64.8. The lowest BCUT2D eigenvalue weighted by atomic mass is 9.99. The zero-order chi connectivity index (χ0) is 70.8. The minimum Gasteiger partial charge on any atom is -0.466 e. The molecule has 11 heteroatoms. The molecular formula is C87H165NO10. The summed E-state index contributed by atoms with van der Waals surface area (Å²) < 4.78 is 16.8. The first-order valence-electron chi connectivity index (χ1n) is 43.3. The van der Waals surface area contributed by atoms with Gasteiger partial charge in [0.2, 0.25) is 5.91 Å². The lowest BCUT2D eigenvalue weighted by molar-refractivity contribution is -0.302. The maximum atomic E-state index is 13.1. The van der Waals surface area contributed by atoms with Gasteiger partial charge in [0.15, 0.2) is 6.29 Å². The fourth-order valence-electron chi connectivity index (χ4n) is 14.0. The van der Waals surface area contributed by atoms with Crippen LogP contribution in [0.3, 0.4) is 0 Å². The van der Waals surface area contributed by atoms with Gasteiger partial charge in [0.1, 0.15) is 24.4 Å². The van der Waals surface area contributed by atoms with E-state index in [1.807, 2.05) is 6.08 Å². The molecule has 1 amide bonds. The number of esters is 1. The molecule has 1 saturated heterocycles. The second kappa shape index (κ2) is 76.0. The highest BCUT2D eigenvalue weighted by atomic mass is 16.7. The van der Waals surface area contributed by atoms with Crippen LogP contribution < -0.4 is 5.32 Å². The largest absolute Gasteiger partial charge is 0.466 e. The summed E-state index contributed by atoms with van der Waals surface area (Å²) in [4.78, 5) is 25.2. The first-order valence-corrected chi connectivity index (χ1v) is 43.3. The Morgan fingerprint density at radius 2 is 0.684 bits per heavy atom. The van der Waals surface area contributed by atoms with E-state index in [4.69, 9.17) is 14.2 Å². The van der Waals surface area contributed by atoms with Crippen LogP contribution in [0.5, 0.6) is 0 Å². The molecular weight excluding hydrogens is 1220 g/mol. The Hall–Kier alpha value is -2.12. The summed E-state index contributed by atoms with van der Waals surface area (Å²) in [6, 6.07) is -0.806. The molecule has 1 aliphatic rings. The molecule has 1 aliphatic heterocycles. The molecule has 0 saturated carbocycles. The van der Waals surface area contributed by atoms with Crippen molar-refractivity contribution in [2.75, 3.05) is 19.8 Å². The standard InChI is InChI=1S/C87H165NO10/c1-3-5-7-9-11-13-15-17-19-43-47-51-55-59-63-67-71-75-83(92)96-76-72-68-64-60-56-52-48-45-42-40-38-36-34-32-30-28-26-24-22-20-21-23-25-27-29-31-33-35-37-39-41-44-46-50-54-58-62-66-70-74-82(91)88-79(78-97-87-86(95)85(94)84(93)81(77-89)98-87)80(90)73-69-65-61-57-53-49-18-16-14-12-10-8-6-4-2/h11,13,17,19,69,73,79-81,84-87,89-90,93-95H,3-10,12,14-16,18,20-68,70-72,74-78H2,1-2H3,(H,88,91)/b13-11-,19-17-,73-69+. The number of hydrogen-bond donors (Lipinski definition) is 6. The van der Waals surface area contributed by atoms with E-state index in [2.05, 4.69) is 43.5 Å². The Balaban J connectivity index is 1.86. The summed E-state index contributed by atoms with van der Waals surface area (Å²) in [5.74, 6) is -0.161. The molecule has 1 fully saturated rings. The normalized spacial score (nSPS) is 17.3. The minimum absolute atomic E-state index is 0.0113. The molecule has 1 heterocycles. The Morgan fingerprint density at radius 1 is 0.378 bits per heavy atom. The average molecular weight is 1390 g/mol. The van der Waals surface area contributed by atoms with Gasteiger partial charge in [-0.25, -0.2) is 0 Å². The number of nitrogens with one attached hydrogen (secondary N) is 1. The highest BCUT2D eigenvalue weighted by molar-refractivity contribution is 5.76. The molecule has 1 rings (SSSR count). The maximum absolute atomic E-state index is 13.1. The quantitative estimate of drug-likeness (QED) is 0.0195. The number of hydrogen-bond acceptors (Lipinski definition) is 10. The maximum Gasteiger partial charge on any atom is 0.305 e. The third-order valence-electron chi connectivity index (χ3n) is 20.7. The topological polar surface area (TPSA) is 175 Å². The fourth-order valence-corrected chi connectivity index (χ4v) is 14.0. The first kappa shape index (κ1) is 93.9. The molecule has 0 spiro atoms. The third-order valence-corrected chi connectivity index (χ3v) is 20.7. The van der Waals surface area contributed by atoms with Gasteiger partial charge in [-0.1, -0.05) is 403 Å². The summed E-state index contributed by atoms with van der Waals surface area (Å²) >= 11 is 0. The molecule has 0 radical (unpaired) electrons. The second-order valence-electron chi connectivity index (χ2n) is 30.2. The van der Waals surface area contributed by atoms with Crippen molar-refractivity contribution in [3.8, 4) is 0 Å². The van der Waals surface area contributed by atoms with Crippen molar-refractivity contribution in [1.82, 2.24) is 5.32 Å². The Bertz CT molecular complexity index is 1720. The second-order valence-corrected chi connectivity index (χ2v) is 30.2. The molecule has 98 heavy (non-hydrogen) atoms. The zero-order valence-electron chi connectivity index (χ0n) is 64.8. The van der Waals surface area contributed by atoms with Crippen molar-refractivity contribution < 1.29 is 49.3 Å². The molecule has 0 aromatic rings. The van der Waals surface area contributed by atoms with E-state index in [0.29, 0.717) is 19.4 Å². The summed E-state index contributed by atoms with van der Waals surface area (Å²) in [6.07, 6.45) is 90.6. The summed E-state index contributed by atoms with van der Waals surface area (Å²) in [6.45, 7) is 4.38. The van der Waals surface area contributed by atoms with E-state index in [0.717, 1.165) is 64.2 Å². The van der Waals surface area contributed by atoms with Crippen LogP contribution in [0.1, 0.15) is 444 Å². The van der Waals surface area contributed by atoms with Crippen molar-refractivity contribution in [2.45, 2.75) is 487 Å². The lowest BCUT2D eigenvalue weighted by Gasteiger charge is -2.40. The molecule has 0 aromatic carbocycles. The fraction of sp³-hybridized carbons (Fsp3) is 0.908. The number of amides is 1. The number of aliphatic hydroxyl groups excluding tert-OH is 5. The molecule has 0 aromatic heterocycles. The van der Waals surface area contributed by atoms with Crippen molar-refractivity contribution in [2.24, 2.45) is 0 Å². The van der Waals surface area contributed by atoms with Gasteiger partial charge in [-0.05, 0) is 64.2 Å². The van der Waals surface area contributed by atoms with Gasteiger partial charge in [0.25, 0.3) is 0 Å². The van der Waals surface area contributed by atoms with Gasteiger partial charge >= 0.3 is 5.97 Å².